The second-order valence-electron chi connectivity index (χ2n) is 3.43. The van der Waals surface area contributed by atoms with Gasteiger partial charge in [0.15, 0.2) is 0 Å². The van der Waals surface area contributed by atoms with Gasteiger partial charge in [0.25, 0.3) is 5.91 Å². The van der Waals surface area contributed by atoms with E-state index in [0.29, 0.717) is 0 Å². The van der Waals surface area contributed by atoms with Crippen molar-refractivity contribution in [1.29, 1.82) is 0 Å². The van der Waals surface area contributed by atoms with Crippen LogP contribution in [0, 0.1) is 5.82 Å². The van der Waals surface area contributed by atoms with Crippen molar-refractivity contribution < 1.29 is 19.1 Å². The van der Waals surface area contributed by atoms with Crippen LogP contribution in [0.1, 0.15) is 20.8 Å². The molecule has 0 aliphatic carbocycles. The number of anilines is 1. The molecule has 0 radical (unpaired) electrons. The fourth-order valence-corrected chi connectivity index (χ4v) is 1.38. The predicted molar refractivity (Wildman–Crippen MR) is 59.9 cm³/mol. The van der Waals surface area contributed by atoms with Gasteiger partial charge in [-0.2, -0.15) is 5.10 Å². The number of benzene rings is 1. The first-order valence-electron chi connectivity index (χ1n) is 4.91. The lowest BCUT2D eigenvalue weighted by Gasteiger charge is -2.04. The zero-order chi connectivity index (χ0) is 13.1. The van der Waals surface area contributed by atoms with Crippen LogP contribution in [0.4, 0.5) is 10.1 Å². The number of amides is 1. The van der Waals surface area contributed by atoms with Crippen molar-refractivity contribution in [3.63, 3.8) is 0 Å². The summed E-state index contributed by atoms with van der Waals surface area (Å²) in [5.74, 6) is -2.47. The fourth-order valence-electron chi connectivity index (χ4n) is 1.38. The Morgan fingerprint density at radius 2 is 2.17 bits per heavy atom. The quantitative estimate of drug-likeness (QED) is 0.768. The summed E-state index contributed by atoms with van der Waals surface area (Å²) in [5.41, 5.74) is -0.207. The average molecular weight is 249 g/mol. The van der Waals surface area contributed by atoms with E-state index in [4.69, 9.17) is 5.11 Å². The highest BCUT2D eigenvalue weighted by Crippen LogP contribution is 2.12. The first-order valence-corrected chi connectivity index (χ1v) is 4.91. The number of H-pyrrole nitrogens is 1. The van der Waals surface area contributed by atoms with Crippen LogP contribution in [0.2, 0.25) is 0 Å². The summed E-state index contributed by atoms with van der Waals surface area (Å²) in [5, 5.41) is 16.9. The van der Waals surface area contributed by atoms with Crippen molar-refractivity contribution in [2.24, 2.45) is 0 Å². The topological polar surface area (TPSA) is 95.1 Å². The highest BCUT2D eigenvalue weighted by molar-refractivity contribution is 6.09. The van der Waals surface area contributed by atoms with Gasteiger partial charge in [-0.05, 0) is 18.2 Å². The molecule has 0 unspecified atom stereocenters. The van der Waals surface area contributed by atoms with Gasteiger partial charge in [-0.1, -0.05) is 6.07 Å². The Morgan fingerprint density at radius 1 is 1.39 bits per heavy atom. The Bertz CT molecular complexity index is 609. The van der Waals surface area contributed by atoms with E-state index in [1.54, 1.807) is 0 Å². The Morgan fingerprint density at radius 3 is 2.83 bits per heavy atom. The predicted octanol–water partition coefficient (Wildman–Crippen LogP) is 1.50. The largest absolute Gasteiger partial charge is 0.478 e. The third-order valence-electron chi connectivity index (χ3n) is 2.18. The molecule has 0 saturated carbocycles. The third kappa shape index (κ3) is 2.34. The van der Waals surface area contributed by atoms with Crippen LogP contribution in [0.5, 0.6) is 0 Å². The summed E-state index contributed by atoms with van der Waals surface area (Å²) in [6.45, 7) is 0. The molecule has 92 valence electrons. The number of carboxylic acid groups (broad SMARTS) is 1. The molecule has 0 bridgehead atoms. The van der Waals surface area contributed by atoms with E-state index in [1.807, 2.05) is 0 Å². The van der Waals surface area contributed by atoms with Crippen molar-refractivity contribution in [3.8, 4) is 0 Å². The molecule has 0 aliphatic rings. The lowest BCUT2D eigenvalue weighted by Crippen LogP contribution is -2.16. The number of carbonyl (C=O) groups excluding carboxylic acids is 1. The van der Waals surface area contributed by atoms with Crippen molar-refractivity contribution >= 4 is 17.6 Å². The van der Waals surface area contributed by atoms with Crippen LogP contribution in [0.15, 0.2) is 30.5 Å². The standard InChI is InChI=1S/C11H8FN3O3/c12-6-2-1-3-7(4-6)14-10(16)9-8(11(17)18)5-13-15-9/h1-5H,(H,13,15)(H,14,16)(H,17,18). The number of nitrogens with one attached hydrogen (secondary N) is 2. The Hall–Kier alpha value is -2.70. The van der Waals surface area contributed by atoms with E-state index in [-0.39, 0.29) is 16.9 Å². The number of rotatable bonds is 3. The molecule has 1 amide bonds. The number of carbonyl (C=O) groups is 2. The van der Waals surface area contributed by atoms with Gasteiger partial charge in [0, 0.05) is 5.69 Å². The summed E-state index contributed by atoms with van der Waals surface area (Å²) in [7, 11) is 0. The summed E-state index contributed by atoms with van der Waals surface area (Å²) < 4.78 is 12.9. The number of nitrogens with zero attached hydrogens (tertiary/aromatic N) is 1. The van der Waals surface area contributed by atoms with Crippen LogP contribution in [-0.2, 0) is 0 Å². The van der Waals surface area contributed by atoms with E-state index in [1.165, 1.54) is 18.2 Å². The molecule has 6 nitrogen and oxygen atoms in total. The molecule has 0 atom stereocenters. The number of aromatic carboxylic acids is 1. The van der Waals surface area contributed by atoms with Gasteiger partial charge in [-0.3, -0.25) is 9.89 Å². The van der Waals surface area contributed by atoms with Gasteiger partial charge >= 0.3 is 5.97 Å². The average Bonchev–Trinajstić information content (AvgIpc) is 2.77. The molecule has 1 aromatic carbocycles. The molecule has 0 aliphatic heterocycles. The summed E-state index contributed by atoms with van der Waals surface area (Å²) in [4.78, 5) is 22.5. The summed E-state index contributed by atoms with van der Waals surface area (Å²) in [6, 6.07) is 5.26. The van der Waals surface area contributed by atoms with Crippen LogP contribution in [0.25, 0.3) is 0 Å². The lowest BCUT2D eigenvalue weighted by atomic mass is 10.2. The number of hydrogen-bond donors (Lipinski definition) is 3. The fraction of sp³-hybridized carbons (Fsp3) is 0. The number of carboxylic acids is 1. The second-order valence-corrected chi connectivity index (χ2v) is 3.43. The summed E-state index contributed by atoms with van der Waals surface area (Å²) >= 11 is 0. The van der Waals surface area contributed by atoms with Gasteiger partial charge < -0.3 is 10.4 Å². The molecular weight excluding hydrogens is 241 g/mol. The van der Waals surface area contributed by atoms with E-state index in [2.05, 4.69) is 15.5 Å². The molecule has 2 rings (SSSR count). The first-order chi connectivity index (χ1) is 8.58. The normalized spacial score (nSPS) is 10.1. The maximum absolute atomic E-state index is 12.9. The molecule has 7 heteroatoms. The highest BCUT2D eigenvalue weighted by atomic mass is 19.1. The van der Waals surface area contributed by atoms with E-state index in [9.17, 15) is 14.0 Å². The molecular formula is C11H8FN3O3. The second kappa shape index (κ2) is 4.66. The van der Waals surface area contributed by atoms with Gasteiger partial charge in [0.1, 0.15) is 17.1 Å². The smallest absolute Gasteiger partial charge is 0.339 e. The summed E-state index contributed by atoms with van der Waals surface area (Å²) in [6.07, 6.45) is 1.03. The molecule has 2 aromatic rings. The Balaban J connectivity index is 2.22. The monoisotopic (exact) mass is 249 g/mol. The molecule has 0 fully saturated rings. The van der Waals surface area contributed by atoms with Gasteiger partial charge in [0.05, 0.1) is 6.20 Å². The number of aromatic amines is 1. The molecule has 1 heterocycles. The Kier molecular flexibility index (Phi) is 3.05. The lowest BCUT2D eigenvalue weighted by molar-refractivity contribution is 0.0692. The van der Waals surface area contributed by atoms with Gasteiger partial charge in [-0.25, -0.2) is 9.18 Å². The van der Waals surface area contributed by atoms with Crippen LogP contribution in [-0.4, -0.2) is 27.2 Å². The number of hydrogen-bond acceptors (Lipinski definition) is 3. The highest BCUT2D eigenvalue weighted by Gasteiger charge is 2.18. The number of halogens is 1. The SMILES string of the molecule is O=C(O)c1cn[nH]c1C(=O)Nc1cccc(F)c1. The minimum absolute atomic E-state index is 0.188. The van der Waals surface area contributed by atoms with Gasteiger partial charge in [0.2, 0.25) is 0 Å². The van der Waals surface area contributed by atoms with E-state index in [0.717, 1.165) is 12.3 Å². The van der Waals surface area contributed by atoms with Crippen LogP contribution >= 0.6 is 0 Å². The zero-order valence-corrected chi connectivity index (χ0v) is 8.98. The molecule has 3 N–H and O–H groups in total. The van der Waals surface area contributed by atoms with Gasteiger partial charge in [-0.15, -0.1) is 0 Å². The third-order valence-corrected chi connectivity index (χ3v) is 2.18. The van der Waals surface area contributed by atoms with Crippen molar-refractivity contribution in [3.05, 3.63) is 47.5 Å². The molecule has 0 saturated heterocycles. The maximum atomic E-state index is 12.9. The minimum Gasteiger partial charge on any atom is -0.478 e. The van der Waals surface area contributed by atoms with E-state index < -0.39 is 17.7 Å². The maximum Gasteiger partial charge on any atom is 0.339 e. The van der Waals surface area contributed by atoms with Crippen molar-refractivity contribution in [2.45, 2.75) is 0 Å². The molecule has 1 aromatic heterocycles. The van der Waals surface area contributed by atoms with Crippen molar-refractivity contribution in [1.82, 2.24) is 10.2 Å². The first kappa shape index (κ1) is 11.8. The van der Waals surface area contributed by atoms with Crippen LogP contribution in [0.3, 0.4) is 0 Å². The molecule has 18 heavy (non-hydrogen) atoms. The molecule has 0 spiro atoms. The Labute approximate surface area is 100 Å². The minimum atomic E-state index is -1.27. The van der Waals surface area contributed by atoms with Crippen LogP contribution < -0.4 is 5.32 Å². The number of aromatic nitrogens is 2. The zero-order valence-electron chi connectivity index (χ0n) is 8.98. The van der Waals surface area contributed by atoms with E-state index >= 15 is 0 Å². The van der Waals surface area contributed by atoms with Crippen molar-refractivity contribution in [2.75, 3.05) is 5.32 Å².